The Bertz CT molecular complexity index is 691. The number of aliphatic imine (C=N–C) groups is 1. The summed E-state index contributed by atoms with van der Waals surface area (Å²) >= 11 is 0. The number of benzene rings is 1. The third-order valence-electron chi connectivity index (χ3n) is 3.95. The lowest BCUT2D eigenvalue weighted by atomic mass is 10.1. The van der Waals surface area contributed by atoms with Crippen LogP contribution in [0.3, 0.4) is 0 Å². The SMILES string of the molecule is CCc1cc(C)ccc1S(=O)(=O)C(C)CCC=NC(=O)CC(C)C. The van der Waals surface area contributed by atoms with Gasteiger partial charge < -0.3 is 0 Å². The summed E-state index contributed by atoms with van der Waals surface area (Å²) < 4.78 is 25.6. The number of aryl methyl sites for hydroxylation is 2. The molecule has 1 aromatic rings. The van der Waals surface area contributed by atoms with E-state index in [1.165, 1.54) is 0 Å². The van der Waals surface area contributed by atoms with Crippen LogP contribution in [0.5, 0.6) is 0 Å². The molecule has 0 aliphatic carbocycles. The Morgan fingerprint density at radius 2 is 1.92 bits per heavy atom. The van der Waals surface area contributed by atoms with Gasteiger partial charge in [-0.05, 0) is 50.7 Å². The standard InChI is InChI=1S/C19H29NO3S/c1-6-17-13-15(4)9-10-18(17)24(22,23)16(5)8-7-11-20-19(21)12-14(2)3/h9-11,13-14,16H,6-8,12H2,1-5H3. The Labute approximate surface area is 146 Å². The summed E-state index contributed by atoms with van der Waals surface area (Å²) in [7, 11) is -3.36. The van der Waals surface area contributed by atoms with Crippen LogP contribution in [0, 0.1) is 12.8 Å². The lowest BCUT2D eigenvalue weighted by Gasteiger charge is -2.15. The van der Waals surface area contributed by atoms with E-state index in [9.17, 15) is 13.2 Å². The number of nitrogens with zero attached hydrogens (tertiary/aromatic N) is 1. The quantitative estimate of drug-likeness (QED) is 0.661. The van der Waals surface area contributed by atoms with Gasteiger partial charge in [-0.1, -0.05) is 38.5 Å². The van der Waals surface area contributed by atoms with Crippen LogP contribution < -0.4 is 0 Å². The molecule has 0 heterocycles. The number of carbonyl (C=O) groups excluding carboxylic acids is 1. The molecule has 0 radical (unpaired) electrons. The summed E-state index contributed by atoms with van der Waals surface area (Å²) in [5.41, 5.74) is 1.93. The van der Waals surface area contributed by atoms with Gasteiger partial charge in [0.1, 0.15) is 0 Å². The predicted octanol–water partition coefficient (Wildman–Crippen LogP) is 4.14. The van der Waals surface area contributed by atoms with Gasteiger partial charge in [0.2, 0.25) is 5.91 Å². The number of sulfone groups is 1. The monoisotopic (exact) mass is 351 g/mol. The van der Waals surface area contributed by atoms with Gasteiger partial charge >= 0.3 is 0 Å². The highest BCUT2D eigenvalue weighted by Crippen LogP contribution is 2.24. The van der Waals surface area contributed by atoms with Gasteiger partial charge in [0.25, 0.3) is 0 Å². The van der Waals surface area contributed by atoms with Crippen LogP contribution in [0.25, 0.3) is 0 Å². The molecule has 24 heavy (non-hydrogen) atoms. The lowest BCUT2D eigenvalue weighted by Crippen LogP contribution is -2.19. The molecule has 1 rings (SSSR count). The van der Waals surface area contributed by atoms with E-state index in [1.54, 1.807) is 19.2 Å². The molecular formula is C19H29NO3S. The molecule has 4 nitrogen and oxygen atoms in total. The summed E-state index contributed by atoms with van der Waals surface area (Å²) in [4.78, 5) is 15.8. The zero-order valence-corrected chi connectivity index (χ0v) is 16.2. The van der Waals surface area contributed by atoms with E-state index in [-0.39, 0.29) is 11.8 Å². The van der Waals surface area contributed by atoms with Crippen molar-refractivity contribution in [2.24, 2.45) is 10.9 Å². The third kappa shape index (κ3) is 5.86. The Hall–Kier alpha value is -1.49. The van der Waals surface area contributed by atoms with E-state index in [1.807, 2.05) is 39.8 Å². The number of carbonyl (C=O) groups is 1. The lowest BCUT2D eigenvalue weighted by molar-refractivity contribution is -0.118. The number of hydrogen-bond donors (Lipinski definition) is 0. The molecule has 0 aliphatic heterocycles. The summed E-state index contributed by atoms with van der Waals surface area (Å²) in [6.45, 7) is 9.58. The van der Waals surface area contributed by atoms with Gasteiger partial charge in [-0.15, -0.1) is 0 Å². The molecule has 5 heteroatoms. The first kappa shape index (κ1) is 20.6. The summed E-state index contributed by atoms with van der Waals surface area (Å²) in [6, 6.07) is 5.48. The van der Waals surface area contributed by atoms with E-state index in [0.717, 1.165) is 11.1 Å². The maximum atomic E-state index is 12.8. The van der Waals surface area contributed by atoms with Crippen LogP contribution in [0.15, 0.2) is 28.1 Å². The average Bonchev–Trinajstić information content (AvgIpc) is 2.50. The smallest absolute Gasteiger partial charge is 0.245 e. The molecule has 0 saturated carbocycles. The van der Waals surface area contributed by atoms with Crippen molar-refractivity contribution in [2.75, 3.05) is 0 Å². The normalized spacial score (nSPS) is 13.6. The van der Waals surface area contributed by atoms with Crippen molar-refractivity contribution >= 4 is 22.0 Å². The van der Waals surface area contributed by atoms with E-state index < -0.39 is 15.1 Å². The predicted molar refractivity (Wildman–Crippen MR) is 99.4 cm³/mol. The maximum Gasteiger partial charge on any atom is 0.245 e. The first-order chi connectivity index (χ1) is 11.2. The molecule has 0 spiro atoms. The molecule has 0 saturated heterocycles. The van der Waals surface area contributed by atoms with Crippen molar-refractivity contribution in [2.45, 2.75) is 70.4 Å². The van der Waals surface area contributed by atoms with Gasteiger partial charge in [0.15, 0.2) is 9.84 Å². The van der Waals surface area contributed by atoms with E-state index in [4.69, 9.17) is 0 Å². The summed E-state index contributed by atoms with van der Waals surface area (Å²) in [6.07, 6.45) is 3.60. The third-order valence-corrected chi connectivity index (χ3v) is 6.26. The topological polar surface area (TPSA) is 63.6 Å². The Morgan fingerprint density at radius 1 is 1.25 bits per heavy atom. The minimum atomic E-state index is -3.36. The number of hydrogen-bond acceptors (Lipinski definition) is 3. The van der Waals surface area contributed by atoms with Crippen LogP contribution in [-0.2, 0) is 21.1 Å². The molecule has 1 amide bonds. The maximum absolute atomic E-state index is 12.8. The van der Waals surface area contributed by atoms with E-state index in [0.29, 0.717) is 30.6 Å². The Kier molecular flexibility index (Phi) is 7.80. The number of amides is 1. The molecule has 1 atom stereocenters. The van der Waals surface area contributed by atoms with Crippen molar-refractivity contribution < 1.29 is 13.2 Å². The first-order valence-electron chi connectivity index (χ1n) is 8.57. The van der Waals surface area contributed by atoms with Gasteiger partial charge in [0, 0.05) is 12.6 Å². The van der Waals surface area contributed by atoms with Crippen molar-refractivity contribution in [1.29, 1.82) is 0 Å². The fourth-order valence-electron chi connectivity index (χ4n) is 2.51. The Balaban J connectivity index is 2.75. The molecule has 1 unspecified atom stereocenters. The minimum Gasteiger partial charge on any atom is -0.273 e. The van der Waals surface area contributed by atoms with Crippen molar-refractivity contribution in [3.05, 3.63) is 29.3 Å². The highest BCUT2D eigenvalue weighted by atomic mass is 32.2. The molecule has 0 fully saturated rings. The fraction of sp³-hybridized carbons (Fsp3) is 0.579. The van der Waals surface area contributed by atoms with Gasteiger partial charge in [-0.25, -0.2) is 13.4 Å². The second-order valence-corrected chi connectivity index (χ2v) is 9.04. The molecule has 0 N–H and O–H groups in total. The molecule has 134 valence electrons. The Morgan fingerprint density at radius 3 is 2.50 bits per heavy atom. The highest BCUT2D eigenvalue weighted by Gasteiger charge is 2.25. The van der Waals surface area contributed by atoms with Gasteiger partial charge in [0.05, 0.1) is 10.1 Å². The zero-order chi connectivity index (χ0) is 18.3. The largest absolute Gasteiger partial charge is 0.273 e. The molecule has 0 aliphatic rings. The fourth-order valence-corrected chi connectivity index (χ4v) is 4.22. The minimum absolute atomic E-state index is 0.146. The van der Waals surface area contributed by atoms with Crippen molar-refractivity contribution in [3.63, 3.8) is 0 Å². The van der Waals surface area contributed by atoms with Gasteiger partial charge in [-0.2, -0.15) is 0 Å². The van der Waals surface area contributed by atoms with Crippen LogP contribution in [0.4, 0.5) is 0 Å². The van der Waals surface area contributed by atoms with Crippen molar-refractivity contribution in [3.8, 4) is 0 Å². The van der Waals surface area contributed by atoms with E-state index in [2.05, 4.69) is 4.99 Å². The highest BCUT2D eigenvalue weighted by molar-refractivity contribution is 7.92. The molecule has 0 aromatic heterocycles. The summed E-state index contributed by atoms with van der Waals surface area (Å²) in [5, 5.41) is -0.503. The summed E-state index contributed by atoms with van der Waals surface area (Å²) in [5.74, 6) is 0.135. The van der Waals surface area contributed by atoms with Crippen LogP contribution in [0.2, 0.25) is 0 Å². The first-order valence-corrected chi connectivity index (χ1v) is 10.1. The zero-order valence-electron chi connectivity index (χ0n) is 15.4. The average molecular weight is 352 g/mol. The number of rotatable bonds is 8. The molecular weight excluding hydrogens is 322 g/mol. The van der Waals surface area contributed by atoms with Crippen LogP contribution in [0.1, 0.15) is 58.1 Å². The van der Waals surface area contributed by atoms with Crippen molar-refractivity contribution in [1.82, 2.24) is 0 Å². The second-order valence-electron chi connectivity index (χ2n) is 6.70. The molecule has 1 aromatic carbocycles. The van der Waals surface area contributed by atoms with E-state index >= 15 is 0 Å². The van der Waals surface area contributed by atoms with Crippen LogP contribution >= 0.6 is 0 Å². The second kappa shape index (κ2) is 9.11. The van der Waals surface area contributed by atoms with Gasteiger partial charge in [-0.3, -0.25) is 4.79 Å². The van der Waals surface area contributed by atoms with Crippen LogP contribution in [-0.4, -0.2) is 25.8 Å². The molecule has 0 bridgehead atoms.